The first-order chi connectivity index (χ1) is 18.9. The Hall–Kier alpha value is -2.49. The number of sulfonamides is 1. The summed E-state index contributed by atoms with van der Waals surface area (Å²) in [4.78, 5) is 28.2. The molecule has 40 heavy (non-hydrogen) atoms. The van der Waals surface area contributed by atoms with Gasteiger partial charge in [-0.15, -0.1) is 0 Å². The quantitative estimate of drug-likeness (QED) is 0.219. The molecule has 7 nitrogen and oxygen atoms in total. The average Bonchev–Trinajstić information content (AvgIpc) is 2.93. The molecule has 0 spiro atoms. The van der Waals surface area contributed by atoms with Crippen LogP contribution in [0, 0.1) is 0 Å². The van der Waals surface area contributed by atoms with E-state index in [4.69, 9.17) is 46.4 Å². The summed E-state index contributed by atoms with van der Waals surface area (Å²) < 4.78 is 28.5. The van der Waals surface area contributed by atoms with E-state index in [9.17, 15) is 18.0 Å². The van der Waals surface area contributed by atoms with Gasteiger partial charge in [-0.05, 0) is 61.4 Å². The second-order valence-corrected chi connectivity index (χ2v) is 12.5. The molecule has 0 radical (unpaired) electrons. The predicted molar refractivity (Wildman–Crippen MR) is 162 cm³/mol. The topological polar surface area (TPSA) is 86.8 Å². The van der Waals surface area contributed by atoms with Crippen LogP contribution >= 0.6 is 46.4 Å². The fraction of sp³-hybridized carbons (Fsp3) is 0.286. The van der Waals surface area contributed by atoms with E-state index in [0.717, 1.165) is 17.1 Å². The van der Waals surface area contributed by atoms with Crippen molar-refractivity contribution in [2.45, 2.75) is 44.2 Å². The summed E-state index contributed by atoms with van der Waals surface area (Å²) in [7, 11) is -4.22. The van der Waals surface area contributed by atoms with Crippen LogP contribution in [0.25, 0.3) is 0 Å². The lowest BCUT2D eigenvalue weighted by Crippen LogP contribution is -2.51. The smallest absolute Gasteiger partial charge is 0.264 e. The van der Waals surface area contributed by atoms with E-state index in [1.165, 1.54) is 35.2 Å². The largest absolute Gasteiger partial charge is 0.354 e. The van der Waals surface area contributed by atoms with Crippen LogP contribution in [-0.2, 0) is 26.2 Å². The Balaban J connectivity index is 2.02. The van der Waals surface area contributed by atoms with Crippen LogP contribution in [0.1, 0.15) is 32.3 Å². The summed E-state index contributed by atoms with van der Waals surface area (Å²) >= 11 is 24.6. The zero-order valence-corrected chi connectivity index (χ0v) is 25.8. The fourth-order valence-electron chi connectivity index (χ4n) is 3.84. The Kier molecular flexibility index (Phi) is 11.5. The first kappa shape index (κ1) is 32.0. The van der Waals surface area contributed by atoms with Gasteiger partial charge in [-0.3, -0.25) is 13.9 Å². The molecule has 0 aliphatic rings. The molecular formula is C28H29Cl4N3O4S. The zero-order valence-electron chi connectivity index (χ0n) is 21.9. The van der Waals surface area contributed by atoms with Crippen molar-refractivity contribution in [3.63, 3.8) is 0 Å². The lowest BCUT2D eigenvalue weighted by molar-refractivity contribution is -0.139. The van der Waals surface area contributed by atoms with Crippen LogP contribution in [0.3, 0.4) is 0 Å². The third-order valence-electron chi connectivity index (χ3n) is 6.14. The third kappa shape index (κ3) is 8.04. The van der Waals surface area contributed by atoms with Gasteiger partial charge in [-0.1, -0.05) is 84.0 Å². The number of halogens is 4. The summed E-state index contributed by atoms with van der Waals surface area (Å²) in [5.41, 5.74) is 0.754. The van der Waals surface area contributed by atoms with E-state index < -0.39 is 28.5 Å². The van der Waals surface area contributed by atoms with Gasteiger partial charge < -0.3 is 10.2 Å². The van der Waals surface area contributed by atoms with Crippen molar-refractivity contribution in [1.82, 2.24) is 10.2 Å². The second-order valence-electron chi connectivity index (χ2n) is 9.01. The Labute approximate surface area is 255 Å². The highest BCUT2D eigenvalue weighted by Gasteiger charge is 2.32. The number of rotatable bonds is 12. The van der Waals surface area contributed by atoms with Crippen molar-refractivity contribution in [2.24, 2.45) is 0 Å². The maximum Gasteiger partial charge on any atom is 0.264 e. The van der Waals surface area contributed by atoms with Gasteiger partial charge in [-0.2, -0.15) is 0 Å². The summed E-state index contributed by atoms with van der Waals surface area (Å²) in [6.07, 6.45) is 1.66. The standard InChI is InChI=1S/C28H29Cl4N3O4S/c1-3-4-14-33-28(37)19(2)34(17-20-10-12-23(29)25(31)15-20)27(36)18-35(21-11-13-24(30)26(32)16-21)40(38,39)22-8-6-5-7-9-22/h5-13,15-16,19H,3-4,14,17-18H2,1-2H3,(H,33,37)/t19-/m0/s1. The van der Waals surface area contributed by atoms with Gasteiger partial charge in [0.05, 0.1) is 30.7 Å². The molecule has 0 aromatic heterocycles. The maximum atomic E-state index is 13.9. The molecule has 0 bridgehead atoms. The Bertz CT molecular complexity index is 1460. The molecule has 0 heterocycles. The summed E-state index contributed by atoms with van der Waals surface area (Å²) in [5.74, 6) is -0.983. The van der Waals surface area contributed by atoms with Crippen molar-refractivity contribution in [3.05, 3.63) is 92.4 Å². The molecule has 1 N–H and O–H groups in total. The Morgan fingerprint density at radius 3 is 2.10 bits per heavy atom. The molecule has 0 aliphatic heterocycles. The van der Waals surface area contributed by atoms with Gasteiger partial charge in [0.2, 0.25) is 11.8 Å². The van der Waals surface area contributed by atoms with Gasteiger partial charge in [0.15, 0.2) is 0 Å². The molecule has 3 aromatic rings. The van der Waals surface area contributed by atoms with Gasteiger partial charge in [0, 0.05) is 13.1 Å². The van der Waals surface area contributed by atoms with Gasteiger partial charge in [0.25, 0.3) is 10.0 Å². The molecule has 0 aliphatic carbocycles. The number of unbranched alkanes of at least 4 members (excludes halogenated alkanes) is 1. The lowest BCUT2D eigenvalue weighted by atomic mass is 10.1. The number of anilines is 1. The van der Waals surface area contributed by atoms with Crippen molar-refractivity contribution < 1.29 is 18.0 Å². The van der Waals surface area contributed by atoms with E-state index in [2.05, 4.69) is 5.32 Å². The van der Waals surface area contributed by atoms with E-state index in [1.807, 2.05) is 6.92 Å². The van der Waals surface area contributed by atoms with Crippen molar-refractivity contribution in [3.8, 4) is 0 Å². The number of hydrogen-bond donors (Lipinski definition) is 1. The van der Waals surface area contributed by atoms with E-state index in [0.29, 0.717) is 17.1 Å². The molecule has 0 fully saturated rings. The molecule has 1 atom stereocenters. The van der Waals surface area contributed by atoms with E-state index in [-0.39, 0.29) is 38.1 Å². The van der Waals surface area contributed by atoms with Crippen LogP contribution < -0.4 is 9.62 Å². The molecule has 12 heteroatoms. The number of carbonyl (C=O) groups excluding carboxylic acids is 2. The average molecular weight is 645 g/mol. The highest BCUT2D eigenvalue weighted by molar-refractivity contribution is 7.92. The number of hydrogen-bond acceptors (Lipinski definition) is 4. The molecule has 3 aromatic carbocycles. The van der Waals surface area contributed by atoms with Crippen molar-refractivity contribution in [2.75, 3.05) is 17.4 Å². The first-order valence-corrected chi connectivity index (χ1v) is 15.4. The highest BCUT2D eigenvalue weighted by atomic mass is 35.5. The fourth-order valence-corrected chi connectivity index (χ4v) is 5.88. The lowest BCUT2D eigenvalue weighted by Gasteiger charge is -2.32. The minimum absolute atomic E-state index is 0.0152. The number of amides is 2. The number of nitrogens with one attached hydrogen (secondary N) is 1. The summed E-state index contributed by atoms with van der Waals surface area (Å²) in [6, 6.07) is 16.0. The van der Waals surface area contributed by atoms with Crippen LogP contribution in [0.2, 0.25) is 20.1 Å². The van der Waals surface area contributed by atoms with Crippen LogP contribution in [0.4, 0.5) is 5.69 Å². The first-order valence-electron chi connectivity index (χ1n) is 12.5. The molecule has 2 amide bonds. The Morgan fingerprint density at radius 1 is 0.875 bits per heavy atom. The predicted octanol–water partition coefficient (Wildman–Crippen LogP) is 6.83. The van der Waals surface area contributed by atoms with E-state index >= 15 is 0 Å². The normalized spacial score (nSPS) is 12.1. The molecule has 0 saturated carbocycles. The number of benzene rings is 3. The second kappa shape index (κ2) is 14.4. The molecule has 214 valence electrons. The summed E-state index contributed by atoms with van der Waals surface area (Å²) in [5, 5.41) is 3.82. The SMILES string of the molecule is CCCCNC(=O)[C@H](C)N(Cc1ccc(Cl)c(Cl)c1)C(=O)CN(c1ccc(Cl)c(Cl)c1)S(=O)(=O)c1ccccc1. The third-order valence-corrected chi connectivity index (χ3v) is 9.40. The van der Waals surface area contributed by atoms with Crippen LogP contribution in [0.15, 0.2) is 71.6 Å². The zero-order chi connectivity index (χ0) is 29.4. The van der Waals surface area contributed by atoms with Gasteiger partial charge >= 0.3 is 0 Å². The number of nitrogens with zero attached hydrogens (tertiary/aromatic N) is 2. The monoisotopic (exact) mass is 643 g/mol. The van der Waals surface area contributed by atoms with Crippen molar-refractivity contribution in [1.29, 1.82) is 0 Å². The molecule has 0 saturated heterocycles. The van der Waals surface area contributed by atoms with Crippen LogP contribution in [0.5, 0.6) is 0 Å². The van der Waals surface area contributed by atoms with Gasteiger partial charge in [0.1, 0.15) is 12.6 Å². The highest BCUT2D eigenvalue weighted by Crippen LogP contribution is 2.31. The van der Waals surface area contributed by atoms with Crippen LogP contribution in [-0.4, -0.2) is 44.3 Å². The maximum absolute atomic E-state index is 13.9. The van der Waals surface area contributed by atoms with Gasteiger partial charge in [-0.25, -0.2) is 8.42 Å². The summed E-state index contributed by atoms with van der Waals surface area (Å²) in [6.45, 7) is 3.42. The molecular weight excluding hydrogens is 616 g/mol. The number of carbonyl (C=O) groups is 2. The van der Waals surface area contributed by atoms with E-state index in [1.54, 1.807) is 43.3 Å². The van der Waals surface area contributed by atoms with Crippen molar-refractivity contribution >= 4 is 73.9 Å². The minimum Gasteiger partial charge on any atom is -0.354 e. The Morgan fingerprint density at radius 2 is 1.50 bits per heavy atom. The minimum atomic E-state index is -4.22. The molecule has 0 unspecified atom stereocenters. The molecule has 3 rings (SSSR count).